The van der Waals surface area contributed by atoms with E-state index in [1.807, 2.05) is 31.2 Å². The van der Waals surface area contributed by atoms with Crippen LogP contribution in [-0.4, -0.2) is 19.6 Å². The van der Waals surface area contributed by atoms with E-state index >= 15 is 0 Å². The van der Waals surface area contributed by atoms with E-state index in [0.717, 1.165) is 11.3 Å². The molecule has 1 aromatic carbocycles. The van der Waals surface area contributed by atoms with Crippen molar-refractivity contribution in [3.8, 4) is 5.75 Å². The maximum absolute atomic E-state index is 11.2. The van der Waals surface area contributed by atoms with Crippen molar-refractivity contribution >= 4 is 5.91 Å². The molecule has 0 bridgehead atoms. The van der Waals surface area contributed by atoms with Gasteiger partial charge in [-0.2, -0.15) is 0 Å². The zero-order valence-electron chi connectivity index (χ0n) is 9.69. The van der Waals surface area contributed by atoms with Gasteiger partial charge < -0.3 is 15.8 Å². The van der Waals surface area contributed by atoms with Crippen molar-refractivity contribution in [2.75, 3.05) is 13.7 Å². The number of amides is 1. The highest BCUT2D eigenvalue weighted by Gasteiger charge is 2.14. The molecule has 16 heavy (non-hydrogen) atoms. The summed E-state index contributed by atoms with van der Waals surface area (Å²) in [6, 6.07) is 7.20. The Labute approximate surface area is 95.8 Å². The molecule has 0 saturated carbocycles. The Balaban J connectivity index is 2.81. The normalized spacial score (nSPS) is 11.9. The summed E-state index contributed by atoms with van der Waals surface area (Å²) < 4.78 is 5.46. The number of hydrogen-bond acceptors (Lipinski definition) is 3. The number of carbonyl (C=O) groups excluding carboxylic acids is 1. The fraction of sp³-hybridized carbons (Fsp3) is 0.417. The molecule has 4 nitrogen and oxygen atoms in total. The van der Waals surface area contributed by atoms with Gasteiger partial charge >= 0.3 is 0 Å². The summed E-state index contributed by atoms with van der Waals surface area (Å²) in [5, 5.41) is 2.56. The summed E-state index contributed by atoms with van der Waals surface area (Å²) in [6.45, 7) is 2.50. The van der Waals surface area contributed by atoms with Crippen molar-refractivity contribution in [2.24, 2.45) is 5.73 Å². The number of nitrogens with one attached hydrogen (secondary N) is 1. The average molecular weight is 222 g/mol. The predicted molar refractivity (Wildman–Crippen MR) is 63.2 cm³/mol. The first-order valence-electron chi connectivity index (χ1n) is 5.37. The Morgan fingerprint density at radius 2 is 2.19 bits per heavy atom. The molecular formula is C12H18N2O2. The minimum absolute atomic E-state index is 0.0706. The number of para-hydroxylation sites is 1. The fourth-order valence-electron chi connectivity index (χ4n) is 1.49. The van der Waals surface area contributed by atoms with Gasteiger partial charge in [-0.3, -0.25) is 4.79 Å². The lowest BCUT2D eigenvalue weighted by Crippen LogP contribution is -2.24. The minimum atomic E-state index is -0.331. The van der Waals surface area contributed by atoms with Gasteiger partial charge in [0.2, 0.25) is 5.91 Å². The van der Waals surface area contributed by atoms with Crippen LogP contribution in [0, 0.1) is 0 Å². The molecule has 0 heterocycles. The summed E-state index contributed by atoms with van der Waals surface area (Å²) in [7, 11) is 1.60. The van der Waals surface area contributed by atoms with Crippen molar-refractivity contribution in [3.63, 3.8) is 0 Å². The van der Waals surface area contributed by atoms with E-state index in [2.05, 4.69) is 5.32 Å². The van der Waals surface area contributed by atoms with Crippen molar-refractivity contribution in [1.82, 2.24) is 5.32 Å². The van der Waals surface area contributed by atoms with Crippen LogP contribution in [-0.2, 0) is 4.79 Å². The van der Waals surface area contributed by atoms with Crippen LogP contribution in [0.5, 0.6) is 5.75 Å². The molecule has 0 aliphatic rings. The van der Waals surface area contributed by atoms with E-state index in [1.165, 1.54) is 0 Å². The highest BCUT2D eigenvalue weighted by Crippen LogP contribution is 2.25. The molecule has 0 radical (unpaired) electrons. The number of nitrogens with two attached hydrogens (primary N) is 1. The monoisotopic (exact) mass is 222 g/mol. The first-order chi connectivity index (χ1) is 7.69. The Hall–Kier alpha value is -1.55. The molecule has 3 N–H and O–H groups in total. The number of benzene rings is 1. The number of carbonyl (C=O) groups is 1. The Kier molecular flexibility index (Phi) is 4.79. The number of rotatable bonds is 5. The zero-order chi connectivity index (χ0) is 12.0. The Morgan fingerprint density at radius 1 is 1.50 bits per heavy atom. The molecule has 0 aliphatic carbocycles. The van der Waals surface area contributed by atoms with E-state index in [1.54, 1.807) is 7.05 Å². The smallest absolute Gasteiger partial charge is 0.221 e. The zero-order valence-corrected chi connectivity index (χ0v) is 9.69. The molecule has 0 fully saturated rings. The highest BCUT2D eigenvalue weighted by molar-refractivity contribution is 5.76. The van der Waals surface area contributed by atoms with E-state index in [9.17, 15) is 4.79 Å². The van der Waals surface area contributed by atoms with Crippen LogP contribution in [0.2, 0.25) is 0 Å². The van der Waals surface area contributed by atoms with Gasteiger partial charge in [-0.25, -0.2) is 0 Å². The van der Waals surface area contributed by atoms with Gasteiger partial charge in [0.25, 0.3) is 0 Å². The summed E-state index contributed by atoms with van der Waals surface area (Å²) >= 11 is 0. The van der Waals surface area contributed by atoms with E-state index in [-0.39, 0.29) is 18.4 Å². The maximum Gasteiger partial charge on any atom is 0.221 e. The van der Waals surface area contributed by atoms with E-state index in [4.69, 9.17) is 10.5 Å². The third-order valence-electron chi connectivity index (χ3n) is 2.30. The molecule has 1 rings (SSSR count). The van der Waals surface area contributed by atoms with Crippen molar-refractivity contribution in [3.05, 3.63) is 29.8 Å². The fourth-order valence-corrected chi connectivity index (χ4v) is 1.49. The van der Waals surface area contributed by atoms with Crippen LogP contribution < -0.4 is 15.8 Å². The van der Waals surface area contributed by atoms with E-state index < -0.39 is 0 Å². The average Bonchev–Trinajstić information content (AvgIpc) is 2.30. The molecule has 0 aliphatic heterocycles. The molecule has 1 amide bonds. The molecular weight excluding hydrogens is 204 g/mol. The van der Waals surface area contributed by atoms with Crippen LogP contribution in [0.25, 0.3) is 0 Å². The first-order valence-corrected chi connectivity index (χ1v) is 5.37. The van der Waals surface area contributed by atoms with Crippen LogP contribution in [0.4, 0.5) is 0 Å². The van der Waals surface area contributed by atoms with Crippen LogP contribution >= 0.6 is 0 Å². The van der Waals surface area contributed by atoms with Crippen molar-refractivity contribution < 1.29 is 9.53 Å². The SMILES string of the molecule is CCOc1ccccc1[C@@H](N)CC(=O)NC. The lowest BCUT2D eigenvalue weighted by molar-refractivity contribution is -0.120. The lowest BCUT2D eigenvalue weighted by atomic mass is 10.0. The highest BCUT2D eigenvalue weighted by atomic mass is 16.5. The van der Waals surface area contributed by atoms with Gasteiger partial charge in [-0.15, -0.1) is 0 Å². The maximum atomic E-state index is 11.2. The van der Waals surface area contributed by atoms with Gasteiger partial charge in [-0.1, -0.05) is 18.2 Å². The minimum Gasteiger partial charge on any atom is -0.494 e. The second-order valence-electron chi connectivity index (χ2n) is 3.45. The number of ether oxygens (including phenoxy) is 1. The summed E-state index contributed by atoms with van der Waals surface area (Å²) in [6.07, 6.45) is 0.264. The Morgan fingerprint density at radius 3 is 2.81 bits per heavy atom. The largest absolute Gasteiger partial charge is 0.494 e. The summed E-state index contributed by atoms with van der Waals surface area (Å²) in [5.41, 5.74) is 6.83. The first kappa shape index (κ1) is 12.5. The molecule has 88 valence electrons. The molecule has 0 aromatic heterocycles. The molecule has 0 spiro atoms. The Bertz CT molecular complexity index is 353. The van der Waals surface area contributed by atoms with Gasteiger partial charge in [-0.05, 0) is 13.0 Å². The standard InChI is InChI=1S/C12H18N2O2/c1-3-16-11-7-5-4-6-9(11)10(13)8-12(15)14-2/h4-7,10H,3,8,13H2,1-2H3,(H,14,15)/t10-/m0/s1. The van der Waals surface area contributed by atoms with E-state index in [0.29, 0.717) is 6.61 Å². The number of hydrogen-bond donors (Lipinski definition) is 2. The third kappa shape index (κ3) is 3.24. The molecule has 0 unspecified atom stereocenters. The second-order valence-corrected chi connectivity index (χ2v) is 3.45. The molecule has 1 atom stereocenters. The second kappa shape index (κ2) is 6.12. The predicted octanol–water partition coefficient (Wildman–Crippen LogP) is 1.22. The summed E-state index contributed by atoms with van der Waals surface area (Å²) in [4.78, 5) is 11.2. The van der Waals surface area contributed by atoms with Crippen molar-refractivity contribution in [1.29, 1.82) is 0 Å². The lowest BCUT2D eigenvalue weighted by Gasteiger charge is -2.15. The summed E-state index contributed by atoms with van der Waals surface area (Å²) in [5.74, 6) is 0.681. The van der Waals surface area contributed by atoms with Gasteiger partial charge in [0, 0.05) is 25.1 Å². The van der Waals surface area contributed by atoms with Gasteiger partial charge in [0.15, 0.2) is 0 Å². The van der Waals surface area contributed by atoms with Crippen LogP contribution in [0.3, 0.4) is 0 Å². The van der Waals surface area contributed by atoms with Crippen molar-refractivity contribution in [2.45, 2.75) is 19.4 Å². The van der Waals surface area contributed by atoms with Gasteiger partial charge in [0.05, 0.1) is 6.61 Å². The van der Waals surface area contributed by atoms with Gasteiger partial charge in [0.1, 0.15) is 5.75 Å². The topological polar surface area (TPSA) is 64.3 Å². The van der Waals surface area contributed by atoms with Crippen LogP contribution in [0.1, 0.15) is 24.9 Å². The third-order valence-corrected chi connectivity index (χ3v) is 2.30. The molecule has 1 aromatic rings. The van der Waals surface area contributed by atoms with Crippen LogP contribution in [0.15, 0.2) is 24.3 Å². The molecule has 4 heteroatoms. The molecule has 0 saturated heterocycles. The quantitative estimate of drug-likeness (QED) is 0.787.